The minimum atomic E-state index is -0.264. The number of nitrogens with one attached hydrogen (secondary N) is 1. The molecule has 1 aliphatic rings. The van der Waals surface area contributed by atoms with Crippen molar-refractivity contribution in [2.45, 2.75) is 38.8 Å². The first-order valence-corrected chi connectivity index (χ1v) is 7.89. The van der Waals surface area contributed by atoms with E-state index in [9.17, 15) is 9.18 Å². The first-order chi connectivity index (χ1) is 10.5. The van der Waals surface area contributed by atoms with Crippen molar-refractivity contribution < 1.29 is 13.9 Å². The number of benzene rings is 1. The van der Waals surface area contributed by atoms with Crippen LogP contribution in [0.2, 0.25) is 0 Å². The van der Waals surface area contributed by atoms with E-state index in [-0.39, 0.29) is 42.2 Å². The molecule has 4 nitrogen and oxygen atoms in total. The molecule has 0 radical (unpaired) electrons. The van der Waals surface area contributed by atoms with Crippen LogP contribution in [0, 0.1) is 11.7 Å². The second-order valence-corrected chi connectivity index (χ2v) is 6.11. The Kier molecular flexibility index (Phi) is 7.79. The zero-order valence-electron chi connectivity index (χ0n) is 13.9. The summed E-state index contributed by atoms with van der Waals surface area (Å²) in [6, 6.07) is 5.95. The van der Waals surface area contributed by atoms with Gasteiger partial charge in [-0.3, -0.25) is 4.79 Å². The molecule has 130 valence electrons. The van der Waals surface area contributed by atoms with Crippen LogP contribution < -0.4 is 10.1 Å². The SMILES string of the molecule is CN[C@H](C(=O)N1CCC(Oc2ccc(F)cc2)CC1)C(C)C.Cl. The largest absolute Gasteiger partial charge is 0.490 e. The molecule has 23 heavy (non-hydrogen) atoms. The van der Waals surface area contributed by atoms with Crippen molar-refractivity contribution in [3.63, 3.8) is 0 Å². The van der Waals surface area contributed by atoms with E-state index < -0.39 is 0 Å². The fourth-order valence-corrected chi connectivity index (χ4v) is 2.84. The number of carbonyl (C=O) groups is 1. The molecule has 1 aliphatic heterocycles. The molecule has 0 saturated carbocycles. The average molecular weight is 345 g/mol. The summed E-state index contributed by atoms with van der Waals surface area (Å²) in [6.07, 6.45) is 1.69. The minimum absolute atomic E-state index is 0. The maximum Gasteiger partial charge on any atom is 0.239 e. The second-order valence-electron chi connectivity index (χ2n) is 6.11. The van der Waals surface area contributed by atoms with Crippen molar-refractivity contribution in [1.82, 2.24) is 10.2 Å². The van der Waals surface area contributed by atoms with Gasteiger partial charge in [0.05, 0.1) is 6.04 Å². The van der Waals surface area contributed by atoms with Gasteiger partial charge in [-0.2, -0.15) is 0 Å². The van der Waals surface area contributed by atoms with E-state index in [1.54, 1.807) is 12.1 Å². The van der Waals surface area contributed by atoms with Crippen LogP contribution in [0.5, 0.6) is 5.75 Å². The van der Waals surface area contributed by atoms with Gasteiger partial charge in [0.2, 0.25) is 5.91 Å². The van der Waals surface area contributed by atoms with Gasteiger partial charge in [0.1, 0.15) is 17.7 Å². The monoisotopic (exact) mass is 344 g/mol. The maximum atomic E-state index is 12.9. The Bertz CT molecular complexity index is 488. The van der Waals surface area contributed by atoms with E-state index in [2.05, 4.69) is 5.32 Å². The summed E-state index contributed by atoms with van der Waals surface area (Å²) in [6.45, 7) is 5.50. The molecule has 0 bridgehead atoms. The predicted molar refractivity (Wildman–Crippen MR) is 91.6 cm³/mol. The summed E-state index contributed by atoms with van der Waals surface area (Å²) in [5.41, 5.74) is 0. The zero-order chi connectivity index (χ0) is 16.1. The Balaban J connectivity index is 0.00000264. The fourth-order valence-electron chi connectivity index (χ4n) is 2.84. The smallest absolute Gasteiger partial charge is 0.239 e. The lowest BCUT2D eigenvalue weighted by Crippen LogP contribution is -2.51. The predicted octanol–water partition coefficient (Wildman–Crippen LogP) is 2.86. The molecule has 6 heteroatoms. The number of likely N-dealkylation sites (tertiary alicyclic amines) is 1. The number of nitrogens with zero attached hydrogens (tertiary/aromatic N) is 1. The molecule has 0 unspecified atom stereocenters. The summed E-state index contributed by atoms with van der Waals surface area (Å²) in [5, 5.41) is 3.10. The van der Waals surface area contributed by atoms with Crippen LogP contribution in [0.3, 0.4) is 0 Å². The molecule has 1 aromatic rings. The van der Waals surface area contributed by atoms with Crippen molar-refractivity contribution in [2.24, 2.45) is 5.92 Å². The van der Waals surface area contributed by atoms with Gasteiger partial charge in [0.15, 0.2) is 0 Å². The molecule has 1 amide bonds. The molecule has 0 spiro atoms. The lowest BCUT2D eigenvalue weighted by molar-refractivity contribution is -0.136. The standard InChI is InChI=1S/C17H25FN2O2.ClH/c1-12(2)16(19-3)17(21)20-10-8-15(9-11-20)22-14-6-4-13(18)5-7-14;/h4-7,12,15-16,19H,8-11H2,1-3H3;1H/t16-;/m0./s1. The summed E-state index contributed by atoms with van der Waals surface area (Å²) in [5.74, 6) is 0.851. The first kappa shape index (κ1) is 19.7. The summed E-state index contributed by atoms with van der Waals surface area (Å²) >= 11 is 0. The van der Waals surface area contributed by atoms with Gasteiger partial charge in [-0.15, -0.1) is 12.4 Å². The molecule has 1 atom stereocenters. The quantitative estimate of drug-likeness (QED) is 0.893. The van der Waals surface area contributed by atoms with Crippen molar-refractivity contribution in [1.29, 1.82) is 0 Å². The van der Waals surface area contributed by atoms with E-state index in [1.165, 1.54) is 12.1 Å². The van der Waals surface area contributed by atoms with Crippen molar-refractivity contribution >= 4 is 18.3 Å². The van der Waals surface area contributed by atoms with Gasteiger partial charge < -0.3 is 15.0 Å². The van der Waals surface area contributed by atoms with Gasteiger partial charge in [-0.1, -0.05) is 13.8 Å². The number of carbonyl (C=O) groups excluding carboxylic acids is 1. The number of amides is 1. The Labute approximate surface area is 143 Å². The summed E-state index contributed by atoms with van der Waals surface area (Å²) < 4.78 is 18.7. The Morgan fingerprint density at radius 2 is 1.83 bits per heavy atom. The summed E-state index contributed by atoms with van der Waals surface area (Å²) in [4.78, 5) is 14.4. The molecular weight excluding hydrogens is 319 g/mol. The molecule has 1 N–H and O–H groups in total. The van der Waals surface area contributed by atoms with Crippen LogP contribution in [0.15, 0.2) is 24.3 Å². The Morgan fingerprint density at radius 3 is 2.30 bits per heavy atom. The lowest BCUT2D eigenvalue weighted by Gasteiger charge is -2.35. The molecule has 0 aromatic heterocycles. The van der Waals surface area contributed by atoms with E-state index in [1.807, 2.05) is 25.8 Å². The number of halogens is 2. The third-order valence-electron chi connectivity index (χ3n) is 4.11. The van der Waals surface area contributed by atoms with Gasteiger partial charge in [0.25, 0.3) is 0 Å². The number of hydrogen-bond donors (Lipinski definition) is 1. The number of hydrogen-bond acceptors (Lipinski definition) is 3. The molecule has 1 fully saturated rings. The maximum absolute atomic E-state index is 12.9. The van der Waals surface area contributed by atoms with E-state index >= 15 is 0 Å². The first-order valence-electron chi connectivity index (χ1n) is 7.89. The van der Waals surface area contributed by atoms with E-state index in [0.29, 0.717) is 18.8 Å². The highest BCUT2D eigenvalue weighted by atomic mass is 35.5. The van der Waals surface area contributed by atoms with Gasteiger partial charge in [0, 0.05) is 25.9 Å². The number of ether oxygens (including phenoxy) is 1. The molecule has 1 saturated heterocycles. The third kappa shape index (κ3) is 5.36. The van der Waals surface area contributed by atoms with Crippen LogP contribution in [0.25, 0.3) is 0 Å². The molecule has 2 rings (SSSR count). The average Bonchev–Trinajstić information content (AvgIpc) is 2.50. The van der Waals surface area contributed by atoms with Crippen LogP contribution in [-0.4, -0.2) is 43.1 Å². The number of likely N-dealkylation sites (N-methyl/N-ethyl adjacent to an activating group) is 1. The lowest BCUT2D eigenvalue weighted by atomic mass is 10.0. The highest BCUT2D eigenvalue weighted by molar-refractivity contribution is 5.85. The van der Waals surface area contributed by atoms with Crippen molar-refractivity contribution in [3.8, 4) is 5.75 Å². The van der Waals surface area contributed by atoms with Crippen LogP contribution >= 0.6 is 12.4 Å². The topological polar surface area (TPSA) is 41.6 Å². The molecule has 0 aliphatic carbocycles. The van der Waals surface area contributed by atoms with Crippen LogP contribution in [-0.2, 0) is 4.79 Å². The Morgan fingerprint density at radius 1 is 1.26 bits per heavy atom. The third-order valence-corrected chi connectivity index (χ3v) is 4.11. The van der Waals surface area contributed by atoms with Crippen LogP contribution in [0.4, 0.5) is 4.39 Å². The van der Waals surface area contributed by atoms with Crippen LogP contribution in [0.1, 0.15) is 26.7 Å². The minimum Gasteiger partial charge on any atom is -0.490 e. The number of rotatable bonds is 5. The highest BCUT2D eigenvalue weighted by Crippen LogP contribution is 2.20. The van der Waals surface area contributed by atoms with Gasteiger partial charge in [-0.25, -0.2) is 4.39 Å². The fraction of sp³-hybridized carbons (Fsp3) is 0.588. The normalized spacial score (nSPS) is 16.8. The van der Waals surface area contributed by atoms with Crippen molar-refractivity contribution in [3.05, 3.63) is 30.1 Å². The van der Waals surface area contributed by atoms with Gasteiger partial charge >= 0.3 is 0 Å². The van der Waals surface area contributed by atoms with E-state index in [4.69, 9.17) is 4.74 Å². The molecule has 1 aromatic carbocycles. The molecule has 1 heterocycles. The Hall–Kier alpha value is -1.33. The van der Waals surface area contributed by atoms with Crippen molar-refractivity contribution in [2.75, 3.05) is 20.1 Å². The molecular formula is C17H26ClFN2O2. The summed E-state index contributed by atoms with van der Waals surface area (Å²) in [7, 11) is 1.83. The van der Waals surface area contributed by atoms with Gasteiger partial charge in [-0.05, 0) is 37.2 Å². The highest BCUT2D eigenvalue weighted by Gasteiger charge is 2.29. The number of piperidine rings is 1. The zero-order valence-corrected chi connectivity index (χ0v) is 14.7. The second kappa shape index (κ2) is 9.08. The van der Waals surface area contributed by atoms with E-state index in [0.717, 1.165) is 12.8 Å².